The van der Waals surface area contributed by atoms with Crippen LogP contribution in [0.2, 0.25) is 0 Å². The van der Waals surface area contributed by atoms with Gasteiger partial charge in [-0.15, -0.1) is 0 Å². The Labute approximate surface area is 140 Å². The zero-order chi connectivity index (χ0) is 17.7. The molecule has 2 aromatic carbocycles. The number of carbonyl (C=O) groups is 1. The molecule has 0 aliphatic rings. The largest absolute Gasteiger partial charge is 0.350 e. The number of nitrogens with two attached hydrogens (primary N) is 1. The molecule has 0 saturated heterocycles. The minimum atomic E-state index is -0.835. The molecule has 2 N–H and O–H groups in total. The Balaban J connectivity index is 2.78. The number of primary amides is 1. The van der Waals surface area contributed by atoms with Gasteiger partial charge in [0.2, 0.25) is 0 Å². The van der Waals surface area contributed by atoms with Gasteiger partial charge in [0.1, 0.15) is 0 Å². The van der Waals surface area contributed by atoms with Crippen molar-refractivity contribution in [1.82, 2.24) is 0 Å². The number of rotatable bonds is 5. The maximum atomic E-state index is 11.6. The molecule has 0 aromatic heterocycles. The molecule has 124 valence electrons. The minimum absolute atomic E-state index is 0.0885. The van der Waals surface area contributed by atoms with Gasteiger partial charge < -0.3 is 5.73 Å². The molecule has 6 heteroatoms. The van der Waals surface area contributed by atoms with Crippen molar-refractivity contribution in [3.8, 4) is 0 Å². The molecular weight excluding hydrogens is 306 g/mol. The number of hydrogen-bond donors (Lipinski definition) is 1. The van der Waals surface area contributed by atoms with Gasteiger partial charge in [-0.05, 0) is 12.8 Å². The van der Waals surface area contributed by atoms with Crippen LogP contribution in [0, 0.1) is 10.1 Å². The van der Waals surface area contributed by atoms with Crippen molar-refractivity contribution in [2.24, 2.45) is 10.7 Å². The van der Waals surface area contributed by atoms with Gasteiger partial charge in [-0.2, -0.15) is 4.99 Å². The summed E-state index contributed by atoms with van der Waals surface area (Å²) in [6.07, 6.45) is 1.00. The molecule has 0 aliphatic carbocycles. The molecule has 0 unspecified atom stereocenters. The molecule has 0 atom stereocenters. The highest BCUT2D eigenvalue weighted by Gasteiger charge is 2.24. The minimum Gasteiger partial charge on any atom is -0.350 e. The first kappa shape index (κ1) is 17.3. The van der Waals surface area contributed by atoms with E-state index in [9.17, 15) is 14.9 Å². The summed E-state index contributed by atoms with van der Waals surface area (Å²) in [4.78, 5) is 26.5. The molecule has 24 heavy (non-hydrogen) atoms. The van der Waals surface area contributed by atoms with Crippen molar-refractivity contribution in [3.63, 3.8) is 0 Å². The first-order valence-electron chi connectivity index (χ1n) is 7.72. The molecule has 2 rings (SSSR count). The van der Waals surface area contributed by atoms with Gasteiger partial charge in [-0.25, -0.2) is 4.79 Å². The fourth-order valence-corrected chi connectivity index (χ4v) is 2.76. The Morgan fingerprint density at radius 1 is 1.12 bits per heavy atom. The molecule has 0 aliphatic heterocycles. The van der Waals surface area contributed by atoms with Gasteiger partial charge in [0.05, 0.1) is 10.6 Å². The van der Waals surface area contributed by atoms with Crippen LogP contribution in [0.25, 0.3) is 0 Å². The molecule has 0 radical (unpaired) electrons. The number of benzene rings is 2. The number of nitrogens with zero attached hydrogens (tertiary/aromatic N) is 2. The molecule has 2 amide bonds. The van der Waals surface area contributed by atoms with Crippen molar-refractivity contribution >= 4 is 17.4 Å². The van der Waals surface area contributed by atoms with Crippen molar-refractivity contribution < 1.29 is 9.72 Å². The van der Waals surface area contributed by atoms with E-state index in [0.717, 1.165) is 0 Å². The number of hydrogen-bond acceptors (Lipinski definition) is 3. The van der Waals surface area contributed by atoms with E-state index in [2.05, 4.69) is 4.99 Å². The fraction of sp³-hybridized carbons (Fsp3) is 0.222. The highest BCUT2D eigenvalue weighted by molar-refractivity contribution is 6.17. The van der Waals surface area contributed by atoms with Crippen molar-refractivity contribution in [3.05, 3.63) is 74.8 Å². The lowest BCUT2D eigenvalue weighted by atomic mass is 9.92. The first-order chi connectivity index (χ1) is 11.5. The Hall–Kier alpha value is -3.02. The fourth-order valence-electron chi connectivity index (χ4n) is 2.76. The number of amides is 2. The van der Waals surface area contributed by atoms with Crippen LogP contribution >= 0.6 is 0 Å². The summed E-state index contributed by atoms with van der Waals surface area (Å²) < 4.78 is 0. The highest BCUT2D eigenvalue weighted by atomic mass is 16.6. The van der Waals surface area contributed by atoms with Crippen LogP contribution in [0.3, 0.4) is 0 Å². The van der Waals surface area contributed by atoms with Crippen LogP contribution < -0.4 is 5.73 Å². The van der Waals surface area contributed by atoms with Gasteiger partial charge in [0.15, 0.2) is 0 Å². The summed E-state index contributed by atoms with van der Waals surface area (Å²) in [6.45, 7) is 3.72. The van der Waals surface area contributed by atoms with E-state index in [0.29, 0.717) is 40.8 Å². The van der Waals surface area contributed by atoms with E-state index in [-0.39, 0.29) is 10.6 Å². The topological polar surface area (TPSA) is 98.6 Å². The summed E-state index contributed by atoms with van der Waals surface area (Å²) in [6, 6.07) is 11.7. The Bertz CT molecular complexity index is 799. The molecule has 6 nitrogen and oxygen atoms in total. The second-order valence-electron chi connectivity index (χ2n) is 5.23. The maximum absolute atomic E-state index is 11.6. The third kappa shape index (κ3) is 3.48. The second kappa shape index (κ2) is 7.50. The molecule has 0 bridgehead atoms. The van der Waals surface area contributed by atoms with Crippen molar-refractivity contribution in [1.29, 1.82) is 0 Å². The third-order valence-corrected chi connectivity index (χ3v) is 3.81. The highest BCUT2D eigenvalue weighted by Crippen LogP contribution is 2.30. The van der Waals surface area contributed by atoms with E-state index < -0.39 is 6.03 Å². The Morgan fingerprint density at radius 2 is 1.79 bits per heavy atom. The zero-order valence-corrected chi connectivity index (χ0v) is 13.7. The van der Waals surface area contributed by atoms with Gasteiger partial charge in [0, 0.05) is 22.3 Å². The lowest BCUT2D eigenvalue weighted by Gasteiger charge is -2.13. The van der Waals surface area contributed by atoms with E-state index in [1.807, 2.05) is 32.0 Å². The number of carbonyl (C=O) groups excluding carboxylic acids is 1. The second-order valence-corrected chi connectivity index (χ2v) is 5.23. The predicted octanol–water partition coefficient (Wildman–Crippen LogP) is 3.64. The van der Waals surface area contributed by atoms with E-state index in [1.165, 1.54) is 0 Å². The smallest absolute Gasteiger partial charge is 0.338 e. The summed E-state index contributed by atoms with van der Waals surface area (Å²) in [5, 5.41) is 11.6. The first-order valence-corrected chi connectivity index (χ1v) is 7.72. The molecule has 2 aromatic rings. The van der Waals surface area contributed by atoms with Gasteiger partial charge in [-0.1, -0.05) is 56.3 Å². The average molecular weight is 325 g/mol. The van der Waals surface area contributed by atoms with Crippen molar-refractivity contribution in [2.75, 3.05) is 0 Å². The standard InChI is InChI=1S/C18H19N3O3/c1-3-12-10-11-15(14(4-2)17(12)21(23)24)16(20-18(19)22)13-8-6-5-7-9-13/h5-11H,3-4H2,1-2H3,(H2,19,22). The average Bonchev–Trinajstić information content (AvgIpc) is 2.58. The molecule has 0 saturated carbocycles. The SMILES string of the molecule is CCc1ccc(C(=NC(N)=O)c2ccccc2)c(CC)c1[N+](=O)[O-]. The quantitative estimate of drug-likeness (QED) is 0.516. The Kier molecular flexibility index (Phi) is 5.42. The van der Waals surface area contributed by atoms with Crippen LogP contribution in [0.15, 0.2) is 47.5 Å². The van der Waals surface area contributed by atoms with Crippen LogP contribution in [-0.2, 0) is 12.8 Å². The molecule has 0 spiro atoms. The number of aryl methyl sites for hydroxylation is 1. The van der Waals surface area contributed by atoms with Crippen LogP contribution in [-0.4, -0.2) is 16.7 Å². The van der Waals surface area contributed by atoms with Gasteiger partial charge in [-0.3, -0.25) is 10.1 Å². The predicted molar refractivity (Wildman–Crippen MR) is 93.5 cm³/mol. The van der Waals surface area contributed by atoms with E-state index in [1.54, 1.807) is 24.3 Å². The number of urea groups is 1. The summed E-state index contributed by atoms with van der Waals surface area (Å²) >= 11 is 0. The van der Waals surface area contributed by atoms with Crippen molar-refractivity contribution in [2.45, 2.75) is 26.7 Å². The number of nitro groups is 1. The van der Waals surface area contributed by atoms with Crippen LogP contribution in [0.4, 0.5) is 10.5 Å². The van der Waals surface area contributed by atoms with E-state index in [4.69, 9.17) is 5.73 Å². The van der Waals surface area contributed by atoms with Crippen LogP contribution in [0.5, 0.6) is 0 Å². The Morgan fingerprint density at radius 3 is 2.29 bits per heavy atom. The molecule has 0 fully saturated rings. The third-order valence-electron chi connectivity index (χ3n) is 3.81. The van der Waals surface area contributed by atoms with Gasteiger partial charge in [0.25, 0.3) is 5.69 Å². The summed E-state index contributed by atoms with van der Waals surface area (Å²) in [7, 11) is 0. The number of aliphatic imine (C=N–C) groups is 1. The zero-order valence-electron chi connectivity index (χ0n) is 13.7. The summed E-state index contributed by atoms with van der Waals surface area (Å²) in [5.41, 5.74) is 8.16. The summed E-state index contributed by atoms with van der Waals surface area (Å²) in [5.74, 6) is 0. The number of nitro benzene ring substituents is 1. The molecular formula is C18H19N3O3. The lowest BCUT2D eigenvalue weighted by Crippen LogP contribution is -2.15. The molecule has 0 heterocycles. The lowest BCUT2D eigenvalue weighted by molar-refractivity contribution is -0.386. The monoisotopic (exact) mass is 325 g/mol. The van der Waals surface area contributed by atoms with Gasteiger partial charge >= 0.3 is 6.03 Å². The van der Waals surface area contributed by atoms with Crippen LogP contribution in [0.1, 0.15) is 36.1 Å². The van der Waals surface area contributed by atoms with E-state index >= 15 is 0 Å². The normalized spacial score (nSPS) is 11.3. The maximum Gasteiger partial charge on any atom is 0.338 e.